The first-order chi connectivity index (χ1) is 8.66. The molecule has 1 unspecified atom stereocenters. The van der Waals surface area contributed by atoms with E-state index in [1.165, 1.54) is 18.9 Å². The van der Waals surface area contributed by atoms with Gasteiger partial charge in [-0.2, -0.15) is 0 Å². The number of nitrogens with zero attached hydrogens (tertiary/aromatic N) is 1. The summed E-state index contributed by atoms with van der Waals surface area (Å²) >= 11 is 0. The molecule has 0 aliphatic heterocycles. The summed E-state index contributed by atoms with van der Waals surface area (Å²) in [6.45, 7) is 3.83. The Morgan fingerprint density at radius 2 is 1.83 bits per heavy atom. The van der Waals surface area contributed by atoms with Gasteiger partial charge in [0.25, 0.3) is 0 Å². The molecular weight excluding hydrogens is 227 g/mol. The van der Waals surface area contributed by atoms with Crippen LogP contribution in [0.15, 0.2) is 24.3 Å². The normalized spacial score (nSPS) is 12.9. The third-order valence-corrected chi connectivity index (χ3v) is 3.48. The highest BCUT2D eigenvalue weighted by Crippen LogP contribution is 2.21. The average Bonchev–Trinajstić information content (AvgIpc) is 2.38. The van der Waals surface area contributed by atoms with Crippen LogP contribution in [-0.4, -0.2) is 25.0 Å². The van der Waals surface area contributed by atoms with Crippen molar-refractivity contribution < 1.29 is 4.39 Å². The van der Waals surface area contributed by atoms with Gasteiger partial charge in [-0.05, 0) is 46.0 Å². The average molecular weight is 252 g/mol. The molecule has 0 aliphatic rings. The quantitative estimate of drug-likeness (QED) is 0.719. The smallest absolute Gasteiger partial charge is 0.127 e. The molecule has 0 heterocycles. The van der Waals surface area contributed by atoms with Crippen LogP contribution in [0, 0.1) is 5.82 Å². The molecule has 1 aromatic rings. The molecule has 3 heteroatoms. The first-order valence-electron chi connectivity index (χ1n) is 6.81. The molecule has 2 N–H and O–H groups in total. The fourth-order valence-corrected chi connectivity index (χ4v) is 2.10. The summed E-state index contributed by atoms with van der Waals surface area (Å²) in [5.41, 5.74) is 6.24. The van der Waals surface area contributed by atoms with Gasteiger partial charge >= 0.3 is 0 Å². The van der Waals surface area contributed by atoms with Gasteiger partial charge in [0.1, 0.15) is 5.82 Å². The molecular formula is C15H25FN2. The molecule has 102 valence electrons. The maximum absolute atomic E-state index is 13.6. The topological polar surface area (TPSA) is 29.3 Å². The maximum atomic E-state index is 13.6. The number of hydrogen-bond donors (Lipinski definition) is 1. The number of rotatable bonds is 8. The van der Waals surface area contributed by atoms with Crippen molar-refractivity contribution in [3.05, 3.63) is 35.6 Å². The van der Waals surface area contributed by atoms with Crippen molar-refractivity contribution in [3.63, 3.8) is 0 Å². The highest BCUT2D eigenvalue weighted by molar-refractivity contribution is 5.20. The fraction of sp³-hybridized carbons (Fsp3) is 0.600. The maximum Gasteiger partial charge on any atom is 0.127 e. The molecule has 0 saturated heterocycles. The van der Waals surface area contributed by atoms with Crippen molar-refractivity contribution in [1.29, 1.82) is 0 Å². The Morgan fingerprint density at radius 3 is 2.50 bits per heavy atom. The van der Waals surface area contributed by atoms with E-state index in [2.05, 4.69) is 18.9 Å². The number of halogens is 1. The van der Waals surface area contributed by atoms with Crippen molar-refractivity contribution in [1.82, 2.24) is 4.90 Å². The van der Waals surface area contributed by atoms with E-state index in [1.807, 2.05) is 12.1 Å². The lowest BCUT2D eigenvalue weighted by atomic mass is 10.1. The second-order valence-corrected chi connectivity index (χ2v) is 4.88. The van der Waals surface area contributed by atoms with Gasteiger partial charge in [-0.3, -0.25) is 4.90 Å². The molecule has 0 amide bonds. The van der Waals surface area contributed by atoms with Crippen LogP contribution in [0.1, 0.15) is 44.2 Å². The van der Waals surface area contributed by atoms with Crippen molar-refractivity contribution in [2.45, 2.75) is 38.6 Å². The van der Waals surface area contributed by atoms with Crippen LogP contribution in [0.4, 0.5) is 4.39 Å². The van der Waals surface area contributed by atoms with Gasteiger partial charge in [0.2, 0.25) is 0 Å². The number of hydrogen-bond acceptors (Lipinski definition) is 2. The predicted molar refractivity (Wildman–Crippen MR) is 75.0 cm³/mol. The first kappa shape index (κ1) is 15.1. The summed E-state index contributed by atoms with van der Waals surface area (Å²) in [5, 5.41) is 0. The largest absolute Gasteiger partial charge is 0.330 e. The predicted octanol–water partition coefficient (Wildman–Crippen LogP) is 3.34. The van der Waals surface area contributed by atoms with Crippen LogP contribution < -0.4 is 5.73 Å². The third kappa shape index (κ3) is 4.75. The zero-order chi connectivity index (χ0) is 13.4. The monoisotopic (exact) mass is 252 g/mol. The molecule has 1 atom stereocenters. The Morgan fingerprint density at radius 1 is 1.17 bits per heavy atom. The molecule has 1 aromatic carbocycles. The minimum atomic E-state index is -0.111. The van der Waals surface area contributed by atoms with Crippen LogP contribution in [0.2, 0.25) is 0 Å². The molecule has 0 aromatic heterocycles. The van der Waals surface area contributed by atoms with E-state index in [0.29, 0.717) is 0 Å². The van der Waals surface area contributed by atoms with Gasteiger partial charge < -0.3 is 5.73 Å². The second kappa shape index (κ2) is 8.22. The number of unbranched alkanes of at least 4 members (excludes halogenated alkanes) is 3. The molecule has 0 saturated carbocycles. The van der Waals surface area contributed by atoms with Crippen molar-refractivity contribution in [3.8, 4) is 0 Å². The van der Waals surface area contributed by atoms with Gasteiger partial charge in [-0.15, -0.1) is 0 Å². The van der Waals surface area contributed by atoms with E-state index in [0.717, 1.165) is 31.5 Å². The van der Waals surface area contributed by atoms with Gasteiger partial charge in [0, 0.05) is 11.6 Å². The highest BCUT2D eigenvalue weighted by Gasteiger charge is 2.14. The molecule has 0 spiro atoms. The summed E-state index contributed by atoms with van der Waals surface area (Å²) in [6, 6.07) is 7.15. The first-order valence-corrected chi connectivity index (χ1v) is 6.81. The lowest BCUT2D eigenvalue weighted by Gasteiger charge is -2.25. The van der Waals surface area contributed by atoms with Crippen LogP contribution in [0.5, 0.6) is 0 Å². The van der Waals surface area contributed by atoms with Gasteiger partial charge in [-0.25, -0.2) is 4.39 Å². The van der Waals surface area contributed by atoms with E-state index < -0.39 is 0 Å². The molecule has 0 bridgehead atoms. The molecule has 0 aliphatic carbocycles. The Labute approximate surface area is 110 Å². The summed E-state index contributed by atoms with van der Waals surface area (Å²) in [4.78, 5) is 2.21. The van der Waals surface area contributed by atoms with E-state index in [4.69, 9.17) is 5.73 Å². The molecule has 2 nitrogen and oxygen atoms in total. The molecule has 18 heavy (non-hydrogen) atoms. The number of benzene rings is 1. The van der Waals surface area contributed by atoms with Crippen LogP contribution in [0.25, 0.3) is 0 Å². The van der Waals surface area contributed by atoms with Gasteiger partial charge in [0.05, 0.1) is 0 Å². The Bertz CT molecular complexity index is 341. The van der Waals surface area contributed by atoms with Gasteiger partial charge in [-0.1, -0.05) is 31.0 Å². The van der Waals surface area contributed by atoms with Crippen molar-refractivity contribution >= 4 is 0 Å². The lowest BCUT2D eigenvalue weighted by Crippen LogP contribution is -2.24. The summed E-state index contributed by atoms with van der Waals surface area (Å²) in [5.74, 6) is -0.111. The SMILES string of the molecule is CC(c1ccccc1F)N(C)CCCCCCN. The van der Waals surface area contributed by atoms with Crippen LogP contribution in [-0.2, 0) is 0 Å². The second-order valence-electron chi connectivity index (χ2n) is 4.88. The Kier molecular flexibility index (Phi) is 6.91. The third-order valence-electron chi connectivity index (χ3n) is 3.48. The van der Waals surface area contributed by atoms with Crippen LogP contribution >= 0.6 is 0 Å². The standard InChI is InChI=1S/C15H25FN2/c1-13(14-9-5-6-10-15(14)16)18(2)12-8-4-3-7-11-17/h5-6,9-10,13H,3-4,7-8,11-12,17H2,1-2H3. The Hall–Kier alpha value is -0.930. The minimum absolute atomic E-state index is 0.111. The van der Waals surface area contributed by atoms with Crippen LogP contribution in [0.3, 0.4) is 0 Å². The summed E-state index contributed by atoms with van der Waals surface area (Å²) in [7, 11) is 2.06. The fourth-order valence-electron chi connectivity index (χ4n) is 2.10. The van der Waals surface area contributed by atoms with E-state index >= 15 is 0 Å². The Balaban J connectivity index is 2.37. The number of nitrogens with two attached hydrogens (primary N) is 1. The summed E-state index contributed by atoms with van der Waals surface area (Å²) < 4.78 is 13.6. The minimum Gasteiger partial charge on any atom is -0.330 e. The summed E-state index contributed by atoms with van der Waals surface area (Å²) in [6.07, 6.45) is 4.64. The van der Waals surface area contributed by atoms with Gasteiger partial charge in [0.15, 0.2) is 0 Å². The zero-order valence-electron chi connectivity index (χ0n) is 11.5. The highest BCUT2D eigenvalue weighted by atomic mass is 19.1. The lowest BCUT2D eigenvalue weighted by molar-refractivity contribution is 0.250. The van der Waals surface area contributed by atoms with E-state index in [1.54, 1.807) is 6.07 Å². The van der Waals surface area contributed by atoms with E-state index in [-0.39, 0.29) is 11.9 Å². The molecule has 0 radical (unpaired) electrons. The van der Waals surface area contributed by atoms with Crippen molar-refractivity contribution in [2.75, 3.05) is 20.1 Å². The molecule has 0 fully saturated rings. The molecule has 1 rings (SSSR count). The zero-order valence-corrected chi connectivity index (χ0v) is 11.5. The van der Waals surface area contributed by atoms with E-state index in [9.17, 15) is 4.39 Å². The van der Waals surface area contributed by atoms with Crippen molar-refractivity contribution in [2.24, 2.45) is 5.73 Å².